The summed E-state index contributed by atoms with van der Waals surface area (Å²) < 4.78 is 18.7. The van der Waals surface area contributed by atoms with Gasteiger partial charge in [-0.3, -0.25) is 4.79 Å². The largest absolute Gasteiger partial charge is 0.493 e. The second-order valence-electron chi connectivity index (χ2n) is 7.33. The number of hydrogen-bond acceptors (Lipinski definition) is 6. The zero-order chi connectivity index (χ0) is 24.8. The van der Waals surface area contributed by atoms with Gasteiger partial charge in [-0.1, -0.05) is 46.3 Å². The van der Waals surface area contributed by atoms with Crippen LogP contribution in [0.15, 0.2) is 82.5 Å². The van der Waals surface area contributed by atoms with Crippen LogP contribution in [0.25, 0.3) is 16.9 Å². The molecule has 0 fully saturated rings. The van der Waals surface area contributed by atoms with Crippen molar-refractivity contribution >= 4 is 28.1 Å². The van der Waals surface area contributed by atoms with E-state index in [1.54, 1.807) is 23.0 Å². The monoisotopic (exact) mass is 534 g/mol. The molecule has 0 aliphatic rings. The van der Waals surface area contributed by atoms with Crippen LogP contribution in [0, 0.1) is 0 Å². The van der Waals surface area contributed by atoms with Crippen molar-refractivity contribution in [2.75, 3.05) is 21.3 Å². The molecule has 3 aromatic carbocycles. The molecular weight excluding hydrogens is 512 g/mol. The third-order valence-electron chi connectivity index (χ3n) is 5.18. The maximum absolute atomic E-state index is 12.8. The summed E-state index contributed by atoms with van der Waals surface area (Å²) in [5.41, 5.74) is 6.16. The number of benzene rings is 3. The quantitative estimate of drug-likeness (QED) is 0.251. The molecule has 0 aliphatic carbocycles. The molecule has 0 saturated carbocycles. The number of para-hydroxylation sites is 1. The van der Waals surface area contributed by atoms with Gasteiger partial charge < -0.3 is 14.2 Å². The van der Waals surface area contributed by atoms with Gasteiger partial charge in [0.05, 0.1) is 33.2 Å². The van der Waals surface area contributed by atoms with Gasteiger partial charge in [-0.15, -0.1) is 0 Å². The van der Waals surface area contributed by atoms with E-state index in [9.17, 15) is 4.79 Å². The van der Waals surface area contributed by atoms with Crippen LogP contribution in [-0.2, 0) is 0 Å². The number of carbonyl (C=O) groups excluding carboxylic acids is 1. The van der Waals surface area contributed by atoms with E-state index < -0.39 is 5.91 Å². The van der Waals surface area contributed by atoms with Gasteiger partial charge in [0.1, 0.15) is 5.69 Å². The highest BCUT2D eigenvalue weighted by atomic mass is 79.9. The van der Waals surface area contributed by atoms with Gasteiger partial charge in [0, 0.05) is 27.4 Å². The minimum atomic E-state index is -0.429. The number of hydrogen-bond donors (Lipinski definition) is 1. The molecule has 0 saturated heterocycles. The Morgan fingerprint density at radius 3 is 2.23 bits per heavy atom. The van der Waals surface area contributed by atoms with Crippen LogP contribution in [0.2, 0.25) is 0 Å². The molecule has 0 spiro atoms. The summed E-state index contributed by atoms with van der Waals surface area (Å²) in [7, 11) is 4.49. The van der Waals surface area contributed by atoms with Crippen LogP contribution in [0.1, 0.15) is 15.9 Å². The van der Waals surface area contributed by atoms with E-state index in [-0.39, 0.29) is 0 Å². The third-order valence-corrected chi connectivity index (χ3v) is 5.71. The summed E-state index contributed by atoms with van der Waals surface area (Å²) in [6.07, 6.45) is 3.43. The number of hydrazone groups is 1. The average molecular weight is 535 g/mol. The van der Waals surface area contributed by atoms with Crippen molar-refractivity contribution in [1.29, 1.82) is 0 Å². The molecule has 1 heterocycles. The van der Waals surface area contributed by atoms with Crippen molar-refractivity contribution in [1.82, 2.24) is 15.2 Å². The normalized spacial score (nSPS) is 10.9. The molecule has 0 bridgehead atoms. The maximum atomic E-state index is 12.8. The fourth-order valence-corrected chi connectivity index (χ4v) is 3.73. The second-order valence-corrected chi connectivity index (χ2v) is 8.25. The van der Waals surface area contributed by atoms with Crippen molar-refractivity contribution in [3.05, 3.63) is 88.5 Å². The SMILES string of the molecule is COc1cc(C(=O)N/N=C/c2cn(-c3ccccc3)nc2-c2ccc(Br)cc2)cc(OC)c1OC. The lowest BCUT2D eigenvalue weighted by Crippen LogP contribution is -2.18. The Morgan fingerprint density at radius 1 is 0.971 bits per heavy atom. The lowest BCUT2D eigenvalue weighted by atomic mass is 10.1. The predicted octanol–water partition coefficient (Wildman–Crippen LogP) is 5.09. The minimum Gasteiger partial charge on any atom is -0.493 e. The fraction of sp³-hybridized carbons (Fsp3) is 0.115. The number of amides is 1. The second kappa shape index (κ2) is 10.9. The summed E-state index contributed by atoms with van der Waals surface area (Å²) in [6, 6.07) is 20.7. The highest BCUT2D eigenvalue weighted by Crippen LogP contribution is 2.38. The Labute approximate surface area is 211 Å². The summed E-state index contributed by atoms with van der Waals surface area (Å²) in [4.78, 5) is 12.8. The van der Waals surface area contributed by atoms with Gasteiger partial charge in [0.25, 0.3) is 5.91 Å². The smallest absolute Gasteiger partial charge is 0.271 e. The Bertz CT molecular complexity index is 1330. The fourth-order valence-electron chi connectivity index (χ4n) is 3.46. The molecule has 35 heavy (non-hydrogen) atoms. The van der Waals surface area contributed by atoms with Gasteiger partial charge in [-0.25, -0.2) is 10.1 Å². The topological polar surface area (TPSA) is 87.0 Å². The van der Waals surface area contributed by atoms with Crippen LogP contribution in [0.5, 0.6) is 17.2 Å². The molecule has 0 unspecified atom stereocenters. The number of ether oxygens (including phenoxy) is 3. The number of aromatic nitrogens is 2. The van der Waals surface area contributed by atoms with Gasteiger partial charge in [0.2, 0.25) is 5.75 Å². The van der Waals surface area contributed by atoms with Crippen molar-refractivity contribution < 1.29 is 19.0 Å². The van der Waals surface area contributed by atoms with E-state index in [1.165, 1.54) is 21.3 Å². The maximum Gasteiger partial charge on any atom is 0.271 e. The lowest BCUT2D eigenvalue weighted by Gasteiger charge is -2.13. The van der Waals surface area contributed by atoms with Crippen molar-refractivity contribution in [2.24, 2.45) is 5.10 Å². The molecule has 178 valence electrons. The van der Waals surface area contributed by atoms with Crippen LogP contribution in [0.4, 0.5) is 0 Å². The Hall–Kier alpha value is -4.11. The van der Waals surface area contributed by atoms with Crippen molar-refractivity contribution in [3.63, 3.8) is 0 Å². The lowest BCUT2D eigenvalue weighted by molar-refractivity contribution is 0.0954. The average Bonchev–Trinajstić information content (AvgIpc) is 3.32. The standard InChI is InChI=1S/C26H23BrN4O4/c1-33-22-13-18(14-23(34-2)25(22)35-3)26(32)29-28-15-19-16-31(21-7-5-4-6-8-21)30-24(19)17-9-11-20(27)12-10-17/h4-16H,1-3H3,(H,29,32)/b28-15+. The first kappa shape index (κ1) is 24.0. The highest BCUT2D eigenvalue weighted by molar-refractivity contribution is 9.10. The van der Waals surface area contributed by atoms with E-state index in [4.69, 9.17) is 19.3 Å². The number of carbonyl (C=O) groups is 1. The van der Waals surface area contributed by atoms with E-state index in [2.05, 4.69) is 26.5 Å². The van der Waals surface area contributed by atoms with Crippen LogP contribution >= 0.6 is 15.9 Å². The van der Waals surface area contributed by atoms with E-state index >= 15 is 0 Å². The molecular formula is C26H23BrN4O4. The van der Waals surface area contributed by atoms with Gasteiger partial charge in [-0.05, 0) is 36.4 Å². The Morgan fingerprint density at radius 2 is 1.63 bits per heavy atom. The minimum absolute atomic E-state index is 0.310. The first-order chi connectivity index (χ1) is 17.0. The van der Waals surface area contributed by atoms with E-state index in [0.717, 1.165) is 27.0 Å². The molecule has 9 heteroatoms. The van der Waals surface area contributed by atoms with Crippen LogP contribution < -0.4 is 19.6 Å². The summed E-state index contributed by atoms with van der Waals surface area (Å²) in [6.45, 7) is 0. The molecule has 0 atom stereocenters. The summed E-state index contributed by atoms with van der Waals surface area (Å²) in [5, 5.41) is 8.93. The predicted molar refractivity (Wildman–Crippen MR) is 138 cm³/mol. The zero-order valence-corrected chi connectivity index (χ0v) is 20.9. The molecule has 4 aromatic rings. The number of nitrogens with one attached hydrogen (secondary N) is 1. The van der Waals surface area contributed by atoms with Crippen molar-refractivity contribution in [3.8, 4) is 34.2 Å². The number of halogens is 1. The zero-order valence-electron chi connectivity index (χ0n) is 19.4. The van der Waals surface area contributed by atoms with E-state index in [1.807, 2.05) is 60.8 Å². The molecule has 0 radical (unpaired) electrons. The molecule has 8 nitrogen and oxygen atoms in total. The Kier molecular flexibility index (Phi) is 7.47. The molecule has 1 amide bonds. The first-order valence-electron chi connectivity index (χ1n) is 10.6. The highest BCUT2D eigenvalue weighted by Gasteiger charge is 2.17. The van der Waals surface area contributed by atoms with Crippen molar-refractivity contribution in [2.45, 2.75) is 0 Å². The summed E-state index contributed by atoms with van der Waals surface area (Å²) in [5.74, 6) is 0.731. The molecule has 4 rings (SSSR count). The number of methoxy groups -OCH3 is 3. The van der Waals surface area contributed by atoms with Crippen LogP contribution in [-0.4, -0.2) is 43.2 Å². The molecule has 1 N–H and O–H groups in total. The van der Waals surface area contributed by atoms with Crippen LogP contribution in [0.3, 0.4) is 0 Å². The first-order valence-corrected chi connectivity index (χ1v) is 11.4. The third kappa shape index (κ3) is 5.36. The van der Waals surface area contributed by atoms with Gasteiger partial charge in [-0.2, -0.15) is 10.2 Å². The van der Waals surface area contributed by atoms with Gasteiger partial charge in [0.15, 0.2) is 11.5 Å². The molecule has 1 aromatic heterocycles. The van der Waals surface area contributed by atoms with E-state index in [0.29, 0.717) is 22.8 Å². The molecule has 0 aliphatic heterocycles. The Balaban J connectivity index is 1.63. The number of rotatable bonds is 8. The summed E-state index contributed by atoms with van der Waals surface area (Å²) >= 11 is 3.46. The van der Waals surface area contributed by atoms with Gasteiger partial charge >= 0.3 is 0 Å². The number of nitrogens with zero attached hydrogens (tertiary/aromatic N) is 3.